The number of nitrogens with one attached hydrogen (secondary N) is 1. The quantitative estimate of drug-likeness (QED) is 0.528. The molecule has 1 fully saturated rings. The van der Waals surface area contributed by atoms with E-state index in [0.717, 1.165) is 25.4 Å². The van der Waals surface area contributed by atoms with E-state index in [9.17, 15) is 5.11 Å². The highest BCUT2D eigenvalue weighted by Crippen LogP contribution is 2.31. The fourth-order valence-electron chi connectivity index (χ4n) is 4.57. The zero-order valence-corrected chi connectivity index (χ0v) is 19.9. The van der Waals surface area contributed by atoms with Crippen molar-refractivity contribution in [3.05, 3.63) is 102 Å². The summed E-state index contributed by atoms with van der Waals surface area (Å²) < 4.78 is 5.56. The summed E-state index contributed by atoms with van der Waals surface area (Å²) in [4.78, 5) is 2.43. The Kier molecular flexibility index (Phi) is 10.5. The fourth-order valence-corrected chi connectivity index (χ4v) is 4.57. The van der Waals surface area contributed by atoms with E-state index in [0.29, 0.717) is 0 Å². The van der Waals surface area contributed by atoms with Crippen LogP contribution in [0.5, 0.6) is 5.75 Å². The van der Waals surface area contributed by atoms with Gasteiger partial charge in [0.25, 0.3) is 0 Å². The smallest absolute Gasteiger partial charge is 0.123 e. The Hall–Kier alpha value is -2.08. The highest BCUT2D eigenvalue weighted by Gasteiger charge is 2.33. The minimum atomic E-state index is 0. The summed E-state index contributed by atoms with van der Waals surface area (Å²) in [5, 5.41) is 13.7. The lowest BCUT2D eigenvalue weighted by Gasteiger charge is -2.42. The summed E-state index contributed by atoms with van der Waals surface area (Å²) in [7, 11) is 1.72. The van der Waals surface area contributed by atoms with Gasteiger partial charge in [0.05, 0.1) is 13.7 Å². The Bertz CT molecular complexity index is 888. The van der Waals surface area contributed by atoms with Gasteiger partial charge in [0.15, 0.2) is 0 Å². The Morgan fingerprint density at radius 2 is 1.44 bits per heavy atom. The Labute approximate surface area is 203 Å². The SMILES string of the molecule is COc1ccccc1CN1CC(C(c2ccccc2)c2ccccc2)N[C@@H](CO)C1.Cl.Cl. The molecule has 0 aliphatic carbocycles. The van der Waals surface area contributed by atoms with Gasteiger partial charge in [0.1, 0.15) is 5.75 Å². The molecule has 0 radical (unpaired) electrons. The fraction of sp³-hybridized carbons (Fsp3) is 0.308. The van der Waals surface area contributed by atoms with Gasteiger partial charge in [-0.25, -0.2) is 0 Å². The normalized spacial score (nSPS) is 18.5. The number of para-hydroxylation sites is 1. The highest BCUT2D eigenvalue weighted by molar-refractivity contribution is 5.85. The third-order valence-corrected chi connectivity index (χ3v) is 5.91. The number of methoxy groups -OCH3 is 1. The van der Waals surface area contributed by atoms with Crippen LogP contribution in [-0.4, -0.2) is 48.9 Å². The van der Waals surface area contributed by atoms with Gasteiger partial charge in [0, 0.05) is 43.2 Å². The number of hydrogen-bond donors (Lipinski definition) is 2. The molecule has 0 aromatic heterocycles. The molecule has 4 nitrogen and oxygen atoms in total. The lowest BCUT2D eigenvalue weighted by molar-refractivity contribution is 0.108. The molecule has 6 heteroatoms. The van der Waals surface area contributed by atoms with Gasteiger partial charge < -0.3 is 15.2 Å². The van der Waals surface area contributed by atoms with Crippen molar-refractivity contribution in [2.45, 2.75) is 24.5 Å². The molecule has 2 N–H and O–H groups in total. The average Bonchev–Trinajstić information content (AvgIpc) is 2.81. The minimum Gasteiger partial charge on any atom is -0.496 e. The first-order valence-electron chi connectivity index (χ1n) is 10.6. The van der Waals surface area contributed by atoms with Crippen molar-refractivity contribution in [3.63, 3.8) is 0 Å². The maximum absolute atomic E-state index is 10.0. The van der Waals surface area contributed by atoms with Crippen molar-refractivity contribution in [3.8, 4) is 5.75 Å². The number of piperazine rings is 1. The van der Waals surface area contributed by atoms with Crippen molar-refractivity contribution >= 4 is 24.8 Å². The van der Waals surface area contributed by atoms with E-state index < -0.39 is 0 Å². The van der Waals surface area contributed by atoms with Crippen LogP contribution in [0.4, 0.5) is 0 Å². The van der Waals surface area contributed by atoms with E-state index in [1.807, 2.05) is 12.1 Å². The molecular formula is C26H32Cl2N2O2. The molecule has 2 atom stereocenters. The molecular weight excluding hydrogens is 443 g/mol. The van der Waals surface area contributed by atoms with E-state index in [1.165, 1.54) is 16.7 Å². The van der Waals surface area contributed by atoms with Gasteiger partial charge in [0.2, 0.25) is 0 Å². The molecule has 1 saturated heterocycles. The number of hydrogen-bond acceptors (Lipinski definition) is 4. The van der Waals surface area contributed by atoms with E-state index in [4.69, 9.17) is 4.74 Å². The van der Waals surface area contributed by atoms with Crippen LogP contribution in [0.25, 0.3) is 0 Å². The topological polar surface area (TPSA) is 44.7 Å². The van der Waals surface area contributed by atoms with E-state index in [2.05, 4.69) is 83.0 Å². The second kappa shape index (κ2) is 12.8. The zero-order valence-electron chi connectivity index (χ0n) is 18.3. The van der Waals surface area contributed by atoms with Crippen LogP contribution in [0.1, 0.15) is 22.6 Å². The van der Waals surface area contributed by atoms with Crippen LogP contribution in [0.3, 0.4) is 0 Å². The molecule has 0 saturated carbocycles. The molecule has 3 aromatic rings. The van der Waals surface area contributed by atoms with Gasteiger partial charge >= 0.3 is 0 Å². The zero-order chi connectivity index (χ0) is 20.8. The molecule has 1 aliphatic rings. The number of benzene rings is 3. The molecule has 1 unspecified atom stereocenters. The van der Waals surface area contributed by atoms with Crippen LogP contribution in [0.2, 0.25) is 0 Å². The standard InChI is InChI=1S/C26H30N2O2.2ClH/c1-30-25-15-9-8-14-22(25)16-28-17-23(19-29)27-24(18-28)26(20-10-4-2-5-11-20)21-12-6-3-7-13-21;;/h2-15,23-24,26-27,29H,16-19H2,1H3;2*1H/t23-,24?;;/m1../s1. The molecule has 0 spiro atoms. The second-order valence-corrected chi connectivity index (χ2v) is 7.96. The van der Waals surface area contributed by atoms with E-state index in [1.54, 1.807) is 7.11 Å². The van der Waals surface area contributed by atoms with Crippen LogP contribution in [-0.2, 0) is 6.54 Å². The molecule has 4 rings (SSSR count). The molecule has 0 bridgehead atoms. The summed E-state index contributed by atoms with van der Waals surface area (Å²) in [5.41, 5.74) is 3.75. The van der Waals surface area contributed by atoms with Gasteiger partial charge in [-0.15, -0.1) is 24.8 Å². The Morgan fingerprint density at radius 1 is 0.875 bits per heavy atom. The largest absolute Gasteiger partial charge is 0.496 e. The maximum atomic E-state index is 10.0. The van der Waals surface area contributed by atoms with E-state index >= 15 is 0 Å². The number of aliphatic hydroxyl groups excluding tert-OH is 1. The summed E-state index contributed by atoms with van der Waals surface area (Å²) in [6.45, 7) is 2.62. The number of nitrogens with zero attached hydrogens (tertiary/aromatic N) is 1. The van der Waals surface area contributed by atoms with Gasteiger partial charge in [-0.1, -0.05) is 78.9 Å². The molecule has 1 heterocycles. The van der Waals surface area contributed by atoms with Crippen LogP contribution < -0.4 is 10.1 Å². The summed E-state index contributed by atoms with van der Waals surface area (Å²) >= 11 is 0. The number of rotatable bonds is 7. The van der Waals surface area contributed by atoms with Crippen LogP contribution in [0.15, 0.2) is 84.9 Å². The first kappa shape index (κ1) is 26.2. The van der Waals surface area contributed by atoms with Gasteiger partial charge in [-0.3, -0.25) is 4.90 Å². The third kappa shape index (κ3) is 6.25. The van der Waals surface area contributed by atoms with Gasteiger partial charge in [-0.2, -0.15) is 0 Å². The van der Waals surface area contributed by atoms with Crippen molar-refractivity contribution in [2.24, 2.45) is 0 Å². The van der Waals surface area contributed by atoms with Crippen molar-refractivity contribution in [1.29, 1.82) is 0 Å². The van der Waals surface area contributed by atoms with Crippen LogP contribution in [0, 0.1) is 0 Å². The number of aliphatic hydroxyl groups is 1. The average molecular weight is 475 g/mol. The number of ether oxygens (including phenoxy) is 1. The number of halogens is 2. The molecule has 1 aliphatic heterocycles. The predicted molar refractivity (Wildman–Crippen MR) is 135 cm³/mol. The Morgan fingerprint density at radius 3 is 2.00 bits per heavy atom. The van der Waals surface area contributed by atoms with Crippen molar-refractivity contribution < 1.29 is 9.84 Å². The van der Waals surface area contributed by atoms with Crippen molar-refractivity contribution in [1.82, 2.24) is 10.2 Å². The van der Waals surface area contributed by atoms with E-state index in [-0.39, 0.29) is 49.4 Å². The first-order chi connectivity index (χ1) is 14.8. The maximum Gasteiger partial charge on any atom is 0.123 e. The highest BCUT2D eigenvalue weighted by atomic mass is 35.5. The molecule has 32 heavy (non-hydrogen) atoms. The predicted octanol–water partition coefficient (Wildman–Crippen LogP) is 4.51. The molecule has 0 amide bonds. The summed E-state index contributed by atoms with van der Waals surface area (Å²) in [5.74, 6) is 1.12. The lowest BCUT2D eigenvalue weighted by atomic mass is 9.83. The molecule has 3 aromatic carbocycles. The Balaban J connectivity index is 0.00000181. The van der Waals surface area contributed by atoms with Crippen molar-refractivity contribution in [2.75, 3.05) is 26.8 Å². The van der Waals surface area contributed by atoms with Gasteiger partial charge in [-0.05, 0) is 17.2 Å². The monoisotopic (exact) mass is 474 g/mol. The second-order valence-electron chi connectivity index (χ2n) is 7.96. The first-order valence-corrected chi connectivity index (χ1v) is 10.6. The lowest BCUT2D eigenvalue weighted by Crippen LogP contribution is -2.59. The molecule has 172 valence electrons. The third-order valence-electron chi connectivity index (χ3n) is 5.91. The summed E-state index contributed by atoms with van der Waals surface area (Å²) in [6, 6.07) is 29.7. The van der Waals surface area contributed by atoms with Crippen LogP contribution >= 0.6 is 24.8 Å². The summed E-state index contributed by atoms with van der Waals surface area (Å²) in [6.07, 6.45) is 0. The minimum absolute atomic E-state index is 0.